The Kier molecular flexibility index (Phi) is 4.60. The van der Waals surface area contributed by atoms with Crippen molar-refractivity contribution in [1.29, 1.82) is 0 Å². The number of nitrogens with zero attached hydrogens (tertiary/aromatic N) is 2. The fourth-order valence-electron chi connectivity index (χ4n) is 2.13. The van der Waals surface area contributed by atoms with Gasteiger partial charge in [-0.1, -0.05) is 13.8 Å². The summed E-state index contributed by atoms with van der Waals surface area (Å²) < 4.78 is 1.76. The second-order valence-electron chi connectivity index (χ2n) is 5.46. The minimum absolute atomic E-state index is 0.188. The number of aliphatic carboxylic acids is 1. The molecule has 0 bridgehead atoms. The molecular weight excluding hydrogens is 282 g/mol. The fourth-order valence-corrected chi connectivity index (χ4v) is 2.13. The summed E-state index contributed by atoms with van der Waals surface area (Å²) in [6.07, 6.45) is 1.70. The van der Waals surface area contributed by atoms with E-state index in [1.807, 2.05) is 13.0 Å². The molecule has 1 heterocycles. The lowest BCUT2D eigenvalue weighted by Crippen LogP contribution is -2.44. The summed E-state index contributed by atoms with van der Waals surface area (Å²) in [5, 5.41) is 15.8. The highest BCUT2D eigenvalue weighted by atomic mass is 16.4. The molecule has 1 aromatic carbocycles. The maximum atomic E-state index is 12.1. The van der Waals surface area contributed by atoms with E-state index in [-0.39, 0.29) is 5.92 Å². The normalized spacial score (nSPS) is 12.2. The zero-order chi connectivity index (χ0) is 16.3. The van der Waals surface area contributed by atoms with Crippen molar-refractivity contribution in [1.82, 2.24) is 15.1 Å². The molecule has 0 aliphatic heterocycles. The first-order valence-electron chi connectivity index (χ1n) is 7.05. The first-order valence-corrected chi connectivity index (χ1v) is 7.05. The lowest BCUT2D eigenvalue weighted by molar-refractivity contribution is -0.140. The summed E-state index contributed by atoms with van der Waals surface area (Å²) in [6, 6.07) is 7.86. The molecule has 0 fully saturated rings. The highest BCUT2D eigenvalue weighted by molar-refractivity contribution is 5.96. The molecule has 6 heteroatoms. The largest absolute Gasteiger partial charge is 0.480 e. The molecule has 2 aromatic rings. The third-order valence-electron chi connectivity index (χ3n) is 3.43. The summed E-state index contributed by atoms with van der Waals surface area (Å²) >= 11 is 0. The quantitative estimate of drug-likeness (QED) is 0.885. The standard InChI is InChI=1S/C16H19N3O3/c1-10(2)14(16(21)22)18-15(20)12-4-6-13(7-5-12)19-11(3)8-9-17-19/h4-10,14H,1-3H3,(H,18,20)(H,21,22). The number of carboxylic acid groups (broad SMARTS) is 1. The number of aromatic nitrogens is 2. The maximum absolute atomic E-state index is 12.1. The van der Waals surface area contributed by atoms with Gasteiger partial charge in [-0.15, -0.1) is 0 Å². The molecular formula is C16H19N3O3. The highest BCUT2D eigenvalue weighted by Gasteiger charge is 2.23. The average molecular weight is 301 g/mol. The molecule has 1 amide bonds. The summed E-state index contributed by atoms with van der Waals surface area (Å²) in [5.41, 5.74) is 2.25. The second kappa shape index (κ2) is 6.43. The van der Waals surface area contributed by atoms with Gasteiger partial charge in [0.15, 0.2) is 0 Å². The average Bonchev–Trinajstić information content (AvgIpc) is 2.90. The Morgan fingerprint density at radius 2 is 1.82 bits per heavy atom. The molecule has 116 valence electrons. The molecule has 1 aromatic heterocycles. The number of nitrogens with one attached hydrogen (secondary N) is 1. The SMILES string of the molecule is Cc1ccnn1-c1ccc(C(=O)NC(C(=O)O)C(C)C)cc1. The molecule has 0 aliphatic carbocycles. The van der Waals surface area contributed by atoms with Gasteiger partial charge >= 0.3 is 5.97 Å². The van der Waals surface area contributed by atoms with Crippen LogP contribution in [0.3, 0.4) is 0 Å². The van der Waals surface area contributed by atoms with Crippen molar-refractivity contribution in [3.63, 3.8) is 0 Å². The topological polar surface area (TPSA) is 84.2 Å². The second-order valence-corrected chi connectivity index (χ2v) is 5.46. The number of rotatable bonds is 5. The molecule has 0 radical (unpaired) electrons. The van der Waals surface area contributed by atoms with Gasteiger partial charge in [-0.25, -0.2) is 9.48 Å². The van der Waals surface area contributed by atoms with Crippen molar-refractivity contribution < 1.29 is 14.7 Å². The van der Waals surface area contributed by atoms with Crippen LogP contribution in [0.1, 0.15) is 29.9 Å². The predicted molar refractivity (Wildman–Crippen MR) is 82.0 cm³/mol. The van der Waals surface area contributed by atoms with Gasteiger partial charge in [0.1, 0.15) is 6.04 Å². The first-order chi connectivity index (χ1) is 10.4. The summed E-state index contributed by atoms with van der Waals surface area (Å²) in [4.78, 5) is 23.3. The Balaban J connectivity index is 2.15. The van der Waals surface area contributed by atoms with Crippen LogP contribution in [-0.4, -0.2) is 32.8 Å². The number of aryl methyl sites for hydroxylation is 1. The van der Waals surface area contributed by atoms with Gasteiger partial charge in [0.2, 0.25) is 0 Å². The lowest BCUT2D eigenvalue weighted by atomic mass is 10.0. The molecule has 1 atom stereocenters. The number of amides is 1. The van der Waals surface area contributed by atoms with Crippen molar-refractivity contribution in [2.75, 3.05) is 0 Å². The van der Waals surface area contributed by atoms with Crippen molar-refractivity contribution in [2.24, 2.45) is 5.92 Å². The Morgan fingerprint density at radius 3 is 2.27 bits per heavy atom. The molecule has 6 nitrogen and oxygen atoms in total. The van der Waals surface area contributed by atoms with Gasteiger partial charge < -0.3 is 10.4 Å². The minimum Gasteiger partial charge on any atom is -0.480 e. The van der Waals surface area contributed by atoms with Crippen molar-refractivity contribution in [3.05, 3.63) is 47.8 Å². The van der Waals surface area contributed by atoms with E-state index in [1.54, 1.807) is 49.0 Å². The van der Waals surface area contributed by atoms with E-state index in [2.05, 4.69) is 10.4 Å². The molecule has 2 rings (SSSR count). The fraction of sp³-hybridized carbons (Fsp3) is 0.312. The Hall–Kier alpha value is -2.63. The van der Waals surface area contributed by atoms with Gasteiger partial charge in [-0.2, -0.15) is 5.10 Å². The third-order valence-corrected chi connectivity index (χ3v) is 3.43. The minimum atomic E-state index is -1.04. The number of hydrogen-bond donors (Lipinski definition) is 2. The van der Waals surface area contributed by atoms with Crippen LogP contribution < -0.4 is 5.32 Å². The van der Waals surface area contributed by atoms with E-state index < -0.39 is 17.9 Å². The van der Waals surface area contributed by atoms with Crippen LogP contribution in [-0.2, 0) is 4.79 Å². The zero-order valence-electron chi connectivity index (χ0n) is 12.8. The number of carbonyl (C=O) groups is 2. The van der Waals surface area contributed by atoms with Gasteiger partial charge in [0, 0.05) is 17.5 Å². The molecule has 0 aliphatic rings. The van der Waals surface area contributed by atoms with Crippen molar-refractivity contribution in [2.45, 2.75) is 26.8 Å². The molecule has 0 spiro atoms. The number of carbonyl (C=O) groups excluding carboxylic acids is 1. The number of hydrogen-bond acceptors (Lipinski definition) is 3. The van der Waals surface area contributed by atoms with E-state index in [0.29, 0.717) is 5.56 Å². The molecule has 22 heavy (non-hydrogen) atoms. The van der Waals surface area contributed by atoms with Gasteiger partial charge in [0.25, 0.3) is 5.91 Å². The van der Waals surface area contributed by atoms with Crippen LogP contribution in [0.4, 0.5) is 0 Å². The van der Waals surface area contributed by atoms with Crippen LogP contribution in [0.15, 0.2) is 36.5 Å². The van der Waals surface area contributed by atoms with Gasteiger partial charge in [-0.05, 0) is 43.2 Å². The Labute approximate surface area is 128 Å². The summed E-state index contributed by atoms with van der Waals surface area (Å²) in [5.74, 6) is -1.62. The Morgan fingerprint density at radius 1 is 1.18 bits per heavy atom. The van der Waals surface area contributed by atoms with Crippen molar-refractivity contribution in [3.8, 4) is 5.69 Å². The summed E-state index contributed by atoms with van der Waals surface area (Å²) in [6.45, 7) is 5.44. The third kappa shape index (κ3) is 3.33. The van der Waals surface area contributed by atoms with E-state index in [0.717, 1.165) is 11.4 Å². The van der Waals surface area contributed by atoms with Gasteiger partial charge in [-0.3, -0.25) is 4.79 Å². The van der Waals surface area contributed by atoms with Crippen LogP contribution in [0.25, 0.3) is 5.69 Å². The smallest absolute Gasteiger partial charge is 0.326 e. The Bertz CT molecular complexity index is 674. The van der Waals surface area contributed by atoms with E-state index in [1.165, 1.54) is 0 Å². The monoisotopic (exact) mass is 301 g/mol. The maximum Gasteiger partial charge on any atom is 0.326 e. The lowest BCUT2D eigenvalue weighted by Gasteiger charge is -2.18. The van der Waals surface area contributed by atoms with E-state index >= 15 is 0 Å². The van der Waals surface area contributed by atoms with Crippen LogP contribution in [0.5, 0.6) is 0 Å². The van der Waals surface area contributed by atoms with E-state index in [9.17, 15) is 9.59 Å². The van der Waals surface area contributed by atoms with Gasteiger partial charge in [0.05, 0.1) is 5.69 Å². The zero-order valence-corrected chi connectivity index (χ0v) is 12.8. The highest BCUT2D eigenvalue weighted by Crippen LogP contribution is 2.12. The molecule has 0 saturated heterocycles. The van der Waals surface area contributed by atoms with Crippen LogP contribution >= 0.6 is 0 Å². The number of carboxylic acids is 1. The molecule has 1 unspecified atom stereocenters. The van der Waals surface area contributed by atoms with Crippen molar-refractivity contribution >= 4 is 11.9 Å². The molecule has 0 saturated carbocycles. The predicted octanol–water partition coefficient (Wildman–Crippen LogP) is 2.02. The van der Waals surface area contributed by atoms with E-state index in [4.69, 9.17) is 5.11 Å². The van der Waals surface area contributed by atoms with Crippen LogP contribution in [0.2, 0.25) is 0 Å². The summed E-state index contributed by atoms with van der Waals surface area (Å²) in [7, 11) is 0. The first kappa shape index (κ1) is 15.8. The van der Waals surface area contributed by atoms with Crippen LogP contribution in [0, 0.1) is 12.8 Å². The molecule has 2 N–H and O–H groups in total. The number of benzene rings is 1.